The third kappa shape index (κ3) is 11.4. The van der Waals surface area contributed by atoms with Gasteiger partial charge < -0.3 is 18.3 Å². The first-order valence-corrected chi connectivity index (χ1v) is 30.0. The lowest BCUT2D eigenvalue weighted by molar-refractivity contribution is -0.191. The molecule has 0 aromatic carbocycles. The monoisotopic (exact) mass is 839 g/mol. The van der Waals surface area contributed by atoms with Crippen molar-refractivity contribution < 1.29 is 23.1 Å². The first-order valence-electron chi connectivity index (χ1n) is 24.2. The Kier molecular flexibility index (Phi) is 15.7. The minimum absolute atomic E-state index is 0.00825. The summed E-state index contributed by atoms with van der Waals surface area (Å²) in [5, 5.41) is 0.367. The third-order valence-corrected chi connectivity index (χ3v) is 25.8. The Hall–Kier alpha value is -0.836. The van der Waals surface area contributed by atoms with Crippen molar-refractivity contribution in [2.75, 3.05) is 6.61 Å². The van der Waals surface area contributed by atoms with Crippen LogP contribution in [0, 0.1) is 28.1 Å². The number of hydrogen-bond donors (Lipinski definition) is 0. The van der Waals surface area contributed by atoms with Crippen LogP contribution < -0.4 is 0 Å². The molecule has 4 aliphatic carbocycles. The molecule has 58 heavy (non-hydrogen) atoms. The Bertz CT molecular complexity index is 1430. The smallest absolute Gasteiger partial charge is 0.192 e. The molecule has 4 saturated carbocycles. The summed E-state index contributed by atoms with van der Waals surface area (Å²) in [6.45, 7) is 34.3. The molecule has 7 heteroatoms. The predicted molar refractivity (Wildman–Crippen MR) is 249 cm³/mol. The van der Waals surface area contributed by atoms with Crippen LogP contribution >= 0.6 is 0 Å². The highest BCUT2D eigenvalue weighted by molar-refractivity contribution is 6.74. The molecule has 5 nitrogen and oxygen atoms in total. The molecule has 0 bridgehead atoms. The summed E-state index contributed by atoms with van der Waals surface area (Å²) in [4.78, 5) is 13.9. The summed E-state index contributed by atoms with van der Waals surface area (Å²) in [6.07, 6.45) is 29.5. The molecule has 0 N–H and O–H groups in total. The van der Waals surface area contributed by atoms with Gasteiger partial charge in [0, 0.05) is 13.0 Å². The second-order valence-corrected chi connectivity index (χ2v) is 33.2. The molecule has 0 aromatic heterocycles. The lowest BCUT2D eigenvalue weighted by Crippen LogP contribution is -2.48. The largest absolute Gasteiger partial charge is 0.414 e. The molecule has 5 rings (SSSR count). The van der Waals surface area contributed by atoms with Crippen molar-refractivity contribution in [3.8, 4) is 0 Å². The maximum Gasteiger partial charge on any atom is 0.192 e. The van der Waals surface area contributed by atoms with E-state index >= 15 is 0 Å². The van der Waals surface area contributed by atoms with Gasteiger partial charge in [0.25, 0.3) is 0 Å². The molecule has 7 atom stereocenters. The van der Waals surface area contributed by atoms with Gasteiger partial charge in [0.05, 0.1) is 23.7 Å². The van der Waals surface area contributed by atoms with Crippen molar-refractivity contribution in [3.63, 3.8) is 0 Å². The maximum atomic E-state index is 13.9. The van der Waals surface area contributed by atoms with E-state index < -0.39 is 16.6 Å². The number of carbonyl (C=O) groups is 1. The molecule has 332 valence electrons. The van der Waals surface area contributed by atoms with Crippen LogP contribution in [0.3, 0.4) is 0 Å². The van der Waals surface area contributed by atoms with E-state index in [2.05, 4.69) is 120 Å². The summed E-state index contributed by atoms with van der Waals surface area (Å²) < 4.78 is 27.2. The molecule has 0 aromatic rings. The van der Waals surface area contributed by atoms with Gasteiger partial charge in [-0.3, -0.25) is 4.79 Å². The van der Waals surface area contributed by atoms with E-state index in [0.29, 0.717) is 24.0 Å². The van der Waals surface area contributed by atoms with Gasteiger partial charge in [-0.25, -0.2) is 0 Å². The minimum Gasteiger partial charge on any atom is -0.414 e. The fourth-order valence-corrected chi connectivity index (χ4v) is 13.7. The molecule has 5 aliphatic rings. The summed E-state index contributed by atoms with van der Waals surface area (Å²) >= 11 is 0. The predicted octanol–water partition coefficient (Wildman–Crippen LogP) is 14.8. The van der Waals surface area contributed by atoms with Crippen molar-refractivity contribution in [2.45, 2.75) is 246 Å². The van der Waals surface area contributed by atoms with E-state index in [-0.39, 0.29) is 50.9 Å². The van der Waals surface area contributed by atoms with E-state index in [1.54, 1.807) is 5.57 Å². The molecule has 0 amide bonds. The van der Waals surface area contributed by atoms with E-state index in [4.69, 9.17) is 18.3 Å². The van der Waals surface area contributed by atoms with E-state index in [9.17, 15) is 4.79 Å². The Morgan fingerprint density at radius 3 is 2.02 bits per heavy atom. The van der Waals surface area contributed by atoms with Gasteiger partial charge in [-0.2, -0.15) is 0 Å². The van der Waals surface area contributed by atoms with Gasteiger partial charge in [0.1, 0.15) is 5.78 Å². The van der Waals surface area contributed by atoms with E-state index in [1.165, 1.54) is 50.5 Å². The SMILES string of the molecule is CCCCCCC(=O)C1(C(C=CC(C)(C)[C@H]2CC[C@H]3C(=CC=C4C[C@@H](O[Si](C)(C)C(C)(C)C)C[C@H](O[Si](C)(C)C(C)(C)C)C4)CCC[C@]23C)OC2CCCCO2)CC1. The van der Waals surface area contributed by atoms with Crippen molar-refractivity contribution in [2.24, 2.45) is 28.1 Å². The third-order valence-electron chi connectivity index (χ3n) is 16.7. The van der Waals surface area contributed by atoms with Crippen molar-refractivity contribution >= 4 is 22.4 Å². The molecular formula is C51H90O5Si2. The molecule has 0 spiro atoms. The molecular weight excluding hydrogens is 749 g/mol. The van der Waals surface area contributed by atoms with Gasteiger partial charge in [0.2, 0.25) is 0 Å². The number of carbonyl (C=O) groups excluding carboxylic acids is 1. The quantitative estimate of drug-likeness (QED) is 0.0830. The summed E-state index contributed by atoms with van der Waals surface area (Å²) in [5.74, 6) is 1.60. The summed E-state index contributed by atoms with van der Waals surface area (Å²) in [5.41, 5.74) is 3.06. The average molecular weight is 839 g/mol. The van der Waals surface area contributed by atoms with Gasteiger partial charge in [-0.05, 0) is 149 Å². The van der Waals surface area contributed by atoms with Crippen LogP contribution in [-0.2, 0) is 23.1 Å². The second kappa shape index (κ2) is 18.9. The van der Waals surface area contributed by atoms with Gasteiger partial charge in [-0.15, -0.1) is 0 Å². The molecule has 1 heterocycles. The van der Waals surface area contributed by atoms with Crippen LogP contribution in [0.25, 0.3) is 0 Å². The molecule has 5 fully saturated rings. The number of Topliss-reactive ketones (excluding diaryl/α,β-unsaturated/α-hetero) is 1. The topological polar surface area (TPSA) is 54.0 Å². The molecule has 2 unspecified atom stereocenters. The molecule has 1 aliphatic heterocycles. The molecule has 0 radical (unpaired) electrons. The Morgan fingerprint density at radius 2 is 1.47 bits per heavy atom. The van der Waals surface area contributed by atoms with Crippen molar-refractivity contribution in [1.82, 2.24) is 0 Å². The zero-order valence-corrected chi connectivity index (χ0v) is 42.2. The fraction of sp³-hybridized carbons (Fsp3) is 0.863. The zero-order valence-electron chi connectivity index (χ0n) is 40.2. The number of ketones is 1. The van der Waals surface area contributed by atoms with Crippen LogP contribution in [0.2, 0.25) is 36.3 Å². The van der Waals surface area contributed by atoms with Crippen LogP contribution in [0.15, 0.2) is 35.5 Å². The fourth-order valence-electron chi connectivity index (χ4n) is 10.9. The van der Waals surface area contributed by atoms with Crippen LogP contribution in [-0.4, -0.2) is 53.6 Å². The lowest BCUT2D eigenvalue weighted by Gasteiger charge is -2.47. The van der Waals surface area contributed by atoms with Crippen LogP contribution in [0.5, 0.6) is 0 Å². The Balaban J connectivity index is 1.35. The number of fused-ring (bicyclic) bond motifs is 1. The van der Waals surface area contributed by atoms with Crippen LogP contribution in [0.1, 0.15) is 185 Å². The average Bonchev–Trinajstić information content (AvgIpc) is 3.85. The second-order valence-electron chi connectivity index (χ2n) is 23.7. The summed E-state index contributed by atoms with van der Waals surface area (Å²) in [6, 6.07) is 0. The van der Waals surface area contributed by atoms with Crippen molar-refractivity contribution in [3.05, 3.63) is 35.5 Å². The van der Waals surface area contributed by atoms with E-state index in [1.807, 2.05) is 0 Å². The Labute approximate surface area is 360 Å². The number of rotatable bonds is 17. The highest BCUT2D eigenvalue weighted by Gasteiger charge is 2.57. The normalized spacial score (nSPS) is 31.1. The number of unbranched alkanes of at least 4 members (excludes halogenated alkanes) is 3. The first-order chi connectivity index (χ1) is 26.9. The van der Waals surface area contributed by atoms with Gasteiger partial charge >= 0.3 is 0 Å². The Morgan fingerprint density at radius 1 is 0.828 bits per heavy atom. The summed E-state index contributed by atoms with van der Waals surface area (Å²) in [7, 11) is -3.85. The number of allylic oxidation sites excluding steroid dienone is 4. The van der Waals surface area contributed by atoms with E-state index in [0.717, 1.165) is 70.8 Å². The molecule has 1 saturated heterocycles. The zero-order chi connectivity index (χ0) is 42.8. The number of ether oxygens (including phenoxy) is 2. The standard InChI is InChI=1S/C51H90O5Si2/c1-15-16-17-18-23-44(52)51(32-33-51)45(54-46-24-19-20-34-53-46)29-31-49(8,9)43-28-27-42-39(22-21-30-50(42,43)10)26-25-38-35-40(55-57(11,12)47(2,3)4)37-41(36-38)56-58(13,14)48(5,6)7/h25-26,29,31,40-43,45-46H,15-24,27-28,30,32-37H2,1-14H3/t40-,41-,42+,43-,45?,46?,50+/m1/s1. The highest BCUT2D eigenvalue weighted by Crippen LogP contribution is 2.63. The van der Waals surface area contributed by atoms with Crippen molar-refractivity contribution in [1.29, 1.82) is 0 Å². The first kappa shape index (κ1) is 48.2. The minimum atomic E-state index is -1.93. The lowest BCUT2D eigenvalue weighted by atomic mass is 9.57. The van der Waals surface area contributed by atoms with Gasteiger partial charge in [-0.1, -0.05) is 124 Å². The van der Waals surface area contributed by atoms with Crippen LogP contribution in [0.4, 0.5) is 0 Å². The van der Waals surface area contributed by atoms with Gasteiger partial charge in [0.15, 0.2) is 22.9 Å². The highest BCUT2D eigenvalue weighted by atomic mass is 28.4. The number of hydrogen-bond acceptors (Lipinski definition) is 5. The maximum absolute atomic E-state index is 13.9.